The summed E-state index contributed by atoms with van der Waals surface area (Å²) in [7, 11) is 1.77. The van der Waals surface area contributed by atoms with E-state index in [-0.39, 0.29) is 5.95 Å². The van der Waals surface area contributed by atoms with Crippen LogP contribution < -0.4 is 11.2 Å². The van der Waals surface area contributed by atoms with Crippen LogP contribution in [-0.4, -0.2) is 38.2 Å². The second kappa shape index (κ2) is 6.95. The van der Waals surface area contributed by atoms with Gasteiger partial charge in [-0.05, 0) is 13.0 Å². The fourth-order valence-electron chi connectivity index (χ4n) is 2.34. The van der Waals surface area contributed by atoms with Gasteiger partial charge in [-0.2, -0.15) is 5.10 Å². The lowest BCUT2D eigenvalue weighted by Gasteiger charge is -2.13. The van der Waals surface area contributed by atoms with Gasteiger partial charge < -0.3 is 10.3 Å². The van der Waals surface area contributed by atoms with Crippen LogP contribution in [-0.2, 0) is 11.3 Å². The van der Waals surface area contributed by atoms with E-state index in [1.807, 2.05) is 19.1 Å². The van der Waals surface area contributed by atoms with Gasteiger partial charge in [-0.1, -0.05) is 11.2 Å². The van der Waals surface area contributed by atoms with Crippen molar-refractivity contribution in [1.29, 1.82) is 0 Å². The van der Waals surface area contributed by atoms with Gasteiger partial charge in [-0.3, -0.25) is 14.8 Å². The lowest BCUT2D eigenvalue weighted by atomic mass is 10.1. The number of nitrogen functional groups attached to an aromatic ring is 1. The van der Waals surface area contributed by atoms with E-state index in [1.54, 1.807) is 36.7 Å². The molecule has 3 heterocycles. The zero-order valence-corrected chi connectivity index (χ0v) is 13.8. The second-order valence-corrected chi connectivity index (χ2v) is 5.42. The SMILES string of the molecule is Cc1cc(CN(C)/N=c2/c(-c3cccnc3)cnc(N)n2C=O)no1. The Bertz CT molecular complexity index is 947. The minimum atomic E-state index is 0.0482. The summed E-state index contributed by atoms with van der Waals surface area (Å²) in [6.07, 6.45) is 5.48. The number of rotatable bonds is 5. The maximum Gasteiger partial charge on any atom is 0.222 e. The van der Waals surface area contributed by atoms with Crippen LogP contribution in [0.3, 0.4) is 0 Å². The molecule has 0 aliphatic heterocycles. The van der Waals surface area contributed by atoms with Gasteiger partial charge in [-0.15, -0.1) is 0 Å². The summed E-state index contributed by atoms with van der Waals surface area (Å²) in [6, 6.07) is 5.47. The number of nitrogens with two attached hydrogens (primary N) is 1. The van der Waals surface area contributed by atoms with Crippen LogP contribution in [0.4, 0.5) is 5.95 Å². The Labute approximate surface area is 143 Å². The summed E-state index contributed by atoms with van der Waals surface area (Å²) in [4.78, 5) is 19.6. The molecule has 9 heteroatoms. The monoisotopic (exact) mass is 339 g/mol. The van der Waals surface area contributed by atoms with Crippen molar-refractivity contribution in [3.05, 3.63) is 53.7 Å². The van der Waals surface area contributed by atoms with Crippen LogP contribution in [0.2, 0.25) is 0 Å². The predicted molar refractivity (Wildman–Crippen MR) is 90.3 cm³/mol. The van der Waals surface area contributed by atoms with Crippen molar-refractivity contribution < 1.29 is 9.32 Å². The molecule has 25 heavy (non-hydrogen) atoms. The van der Waals surface area contributed by atoms with E-state index in [9.17, 15) is 4.79 Å². The molecule has 128 valence electrons. The van der Waals surface area contributed by atoms with Crippen LogP contribution in [0.15, 0.2) is 46.4 Å². The highest BCUT2D eigenvalue weighted by atomic mass is 16.5. The Morgan fingerprint density at radius 1 is 1.44 bits per heavy atom. The molecule has 0 aromatic carbocycles. The van der Waals surface area contributed by atoms with E-state index in [0.29, 0.717) is 24.0 Å². The minimum Gasteiger partial charge on any atom is -0.369 e. The topological polar surface area (TPSA) is 115 Å². The van der Waals surface area contributed by atoms with E-state index in [1.165, 1.54) is 4.57 Å². The number of carbonyl (C=O) groups is 1. The molecule has 0 amide bonds. The van der Waals surface area contributed by atoms with Gasteiger partial charge in [0.05, 0.1) is 6.54 Å². The van der Waals surface area contributed by atoms with Crippen LogP contribution in [0.25, 0.3) is 11.1 Å². The first kappa shape index (κ1) is 16.4. The molecule has 3 rings (SSSR count). The lowest BCUT2D eigenvalue weighted by molar-refractivity contribution is 0.311. The van der Waals surface area contributed by atoms with E-state index in [4.69, 9.17) is 10.3 Å². The molecule has 0 atom stereocenters. The molecule has 0 spiro atoms. The molecule has 0 fully saturated rings. The first-order valence-corrected chi connectivity index (χ1v) is 7.49. The quantitative estimate of drug-likeness (QED) is 0.540. The summed E-state index contributed by atoms with van der Waals surface area (Å²) in [6.45, 7) is 2.23. The van der Waals surface area contributed by atoms with Crippen LogP contribution >= 0.6 is 0 Å². The van der Waals surface area contributed by atoms with Crippen molar-refractivity contribution in [2.24, 2.45) is 5.10 Å². The number of hydrogen-bond acceptors (Lipinski definition) is 8. The Kier molecular flexibility index (Phi) is 4.55. The smallest absolute Gasteiger partial charge is 0.222 e. The number of aryl methyl sites for hydroxylation is 1. The fourth-order valence-corrected chi connectivity index (χ4v) is 2.34. The average Bonchev–Trinajstić information content (AvgIpc) is 3.01. The summed E-state index contributed by atoms with van der Waals surface area (Å²) >= 11 is 0. The molecule has 0 bridgehead atoms. The number of carbonyl (C=O) groups excluding carboxylic acids is 1. The normalized spacial score (nSPS) is 11.5. The maximum absolute atomic E-state index is 11.5. The number of nitrogens with zero attached hydrogens (tertiary/aromatic N) is 6. The number of hydrogen-bond donors (Lipinski definition) is 1. The summed E-state index contributed by atoms with van der Waals surface area (Å²) in [5, 5.41) is 10.1. The summed E-state index contributed by atoms with van der Waals surface area (Å²) < 4.78 is 6.24. The minimum absolute atomic E-state index is 0.0482. The molecule has 0 radical (unpaired) electrons. The van der Waals surface area contributed by atoms with Crippen molar-refractivity contribution >= 4 is 12.4 Å². The molecule has 3 aromatic heterocycles. The Morgan fingerprint density at radius 2 is 2.28 bits per heavy atom. The zero-order valence-electron chi connectivity index (χ0n) is 13.8. The molecule has 0 aliphatic rings. The van der Waals surface area contributed by atoms with Crippen molar-refractivity contribution in [2.45, 2.75) is 13.5 Å². The zero-order chi connectivity index (χ0) is 17.8. The molecule has 0 unspecified atom stereocenters. The maximum atomic E-state index is 11.5. The molecule has 0 saturated carbocycles. The van der Waals surface area contributed by atoms with Gasteiger partial charge in [0.25, 0.3) is 0 Å². The molecular formula is C16H17N7O2. The fraction of sp³-hybridized carbons (Fsp3) is 0.188. The highest BCUT2D eigenvalue weighted by Crippen LogP contribution is 2.13. The third-order valence-corrected chi connectivity index (χ3v) is 3.45. The lowest BCUT2D eigenvalue weighted by Crippen LogP contribution is -2.30. The van der Waals surface area contributed by atoms with E-state index < -0.39 is 0 Å². The van der Waals surface area contributed by atoms with E-state index in [2.05, 4.69) is 20.2 Å². The van der Waals surface area contributed by atoms with Gasteiger partial charge in [0.15, 0.2) is 5.49 Å². The molecular weight excluding hydrogens is 322 g/mol. The third kappa shape index (κ3) is 3.55. The van der Waals surface area contributed by atoms with Crippen LogP contribution in [0.5, 0.6) is 0 Å². The van der Waals surface area contributed by atoms with Gasteiger partial charge in [0.2, 0.25) is 12.4 Å². The number of anilines is 1. The van der Waals surface area contributed by atoms with Crippen LogP contribution in [0, 0.1) is 6.92 Å². The average molecular weight is 339 g/mol. The van der Waals surface area contributed by atoms with Crippen molar-refractivity contribution in [1.82, 2.24) is 24.7 Å². The van der Waals surface area contributed by atoms with Gasteiger partial charge in [0.1, 0.15) is 11.5 Å². The third-order valence-electron chi connectivity index (χ3n) is 3.45. The summed E-state index contributed by atoms with van der Waals surface area (Å²) in [5.74, 6) is 0.766. The van der Waals surface area contributed by atoms with Crippen LogP contribution in [0.1, 0.15) is 11.5 Å². The molecule has 3 aromatic rings. The Morgan fingerprint density at radius 3 is 2.92 bits per heavy atom. The second-order valence-electron chi connectivity index (χ2n) is 5.42. The van der Waals surface area contributed by atoms with Gasteiger partial charge >= 0.3 is 0 Å². The van der Waals surface area contributed by atoms with Crippen molar-refractivity contribution in [2.75, 3.05) is 12.8 Å². The van der Waals surface area contributed by atoms with Gasteiger partial charge in [0, 0.05) is 42.8 Å². The summed E-state index contributed by atoms with van der Waals surface area (Å²) in [5.41, 5.74) is 8.31. The largest absolute Gasteiger partial charge is 0.369 e. The Balaban J connectivity index is 2.09. The Hall–Kier alpha value is -3.49. The standard InChI is InChI=1S/C16H17N7O2/c1-11-6-13(21-25-11)9-22(2)20-15-14(12-4-3-5-18-7-12)8-19-16(17)23(15)10-24/h3-8,10H,9H2,1-2H3,(H2,17,19)/b20-15-. The van der Waals surface area contributed by atoms with Crippen molar-refractivity contribution in [3.8, 4) is 11.1 Å². The first-order chi connectivity index (χ1) is 12.1. The number of aromatic nitrogens is 4. The van der Waals surface area contributed by atoms with E-state index >= 15 is 0 Å². The predicted octanol–water partition coefficient (Wildman–Crippen LogP) is 0.810. The first-order valence-electron chi connectivity index (χ1n) is 7.49. The molecule has 9 nitrogen and oxygen atoms in total. The molecule has 0 aliphatic carbocycles. The highest BCUT2D eigenvalue weighted by molar-refractivity contribution is 5.65. The highest BCUT2D eigenvalue weighted by Gasteiger charge is 2.10. The van der Waals surface area contributed by atoms with Crippen molar-refractivity contribution in [3.63, 3.8) is 0 Å². The van der Waals surface area contributed by atoms with E-state index in [0.717, 1.165) is 17.0 Å². The van der Waals surface area contributed by atoms with Gasteiger partial charge in [-0.25, -0.2) is 9.55 Å². The molecule has 0 saturated heterocycles. The number of pyridine rings is 1. The molecule has 2 N–H and O–H groups in total.